The summed E-state index contributed by atoms with van der Waals surface area (Å²) in [5.74, 6) is 0.458. The van der Waals surface area contributed by atoms with Crippen molar-refractivity contribution in [3.05, 3.63) is 48.3 Å². The Bertz CT molecular complexity index is 549. The molecule has 0 aliphatic rings. The van der Waals surface area contributed by atoms with Crippen molar-refractivity contribution in [1.29, 1.82) is 0 Å². The number of nitrogens with zero attached hydrogens (tertiary/aromatic N) is 2. The maximum Gasteiger partial charge on any atom is 0.258 e. The molecule has 0 atom stereocenters. The summed E-state index contributed by atoms with van der Waals surface area (Å²) in [6, 6.07) is 10.0. The van der Waals surface area contributed by atoms with Crippen LogP contribution in [0, 0.1) is 0 Å². The van der Waals surface area contributed by atoms with Crippen LogP contribution in [0.25, 0.3) is 0 Å². The Kier molecular flexibility index (Phi) is 4.76. The molecule has 1 heterocycles. The molecular formula is C15H19N3O2. The molecule has 1 aromatic carbocycles. The van der Waals surface area contributed by atoms with E-state index in [1.807, 2.05) is 44.2 Å². The van der Waals surface area contributed by atoms with Gasteiger partial charge in [0.25, 0.3) is 5.91 Å². The highest BCUT2D eigenvalue weighted by Crippen LogP contribution is 2.11. The van der Waals surface area contributed by atoms with Crippen LogP contribution in [0.4, 0.5) is 0 Å². The Morgan fingerprint density at radius 1 is 1.35 bits per heavy atom. The van der Waals surface area contributed by atoms with E-state index in [1.165, 1.54) is 0 Å². The van der Waals surface area contributed by atoms with Crippen LogP contribution in [0.5, 0.6) is 5.75 Å². The Hall–Kier alpha value is -2.30. The highest BCUT2D eigenvalue weighted by atomic mass is 16.5. The van der Waals surface area contributed by atoms with Crippen LogP contribution in [-0.4, -0.2) is 22.3 Å². The molecule has 1 aromatic heterocycles. The van der Waals surface area contributed by atoms with Crippen LogP contribution in [0.1, 0.15) is 25.5 Å². The minimum atomic E-state index is -0.147. The van der Waals surface area contributed by atoms with Gasteiger partial charge in [0.15, 0.2) is 12.4 Å². The highest BCUT2D eigenvalue weighted by molar-refractivity contribution is 5.77. The molecule has 0 saturated heterocycles. The third kappa shape index (κ3) is 4.12. The normalized spacial score (nSPS) is 10.6. The van der Waals surface area contributed by atoms with Gasteiger partial charge >= 0.3 is 0 Å². The minimum Gasteiger partial charge on any atom is -0.480 e. The van der Waals surface area contributed by atoms with Gasteiger partial charge in [-0.15, -0.1) is 0 Å². The zero-order valence-corrected chi connectivity index (χ0v) is 11.7. The lowest BCUT2D eigenvalue weighted by atomic mass is 10.2. The molecule has 0 fully saturated rings. The molecule has 0 saturated carbocycles. The van der Waals surface area contributed by atoms with Gasteiger partial charge in [0, 0.05) is 12.6 Å². The molecule has 1 amide bonds. The van der Waals surface area contributed by atoms with Gasteiger partial charge in [0.05, 0.1) is 12.4 Å². The largest absolute Gasteiger partial charge is 0.480 e. The number of aromatic nitrogens is 2. The third-order valence-electron chi connectivity index (χ3n) is 2.81. The van der Waals surface area contributed by atoms with Crippen LogP contribution < -0.4 is 10.1 Å². The summed E-state index contributed by atoms with van der Waals surface area (Å²) in [7, 11) is 0. The quantitative estimate of drug-likeness (QED) is 0.877. The number of hydrogen-bond donors (Lipinski definition) is 1. The molecule has 0 spiro atoms. The fourth-order valence-corrected chi connectivity index (χ4v) is 1.67. The Morgan fingerprint density at radius 2 is 2.10 bits per heavy atom. The summed E-state index contributed by atoms with van der Waals surface area (Å²) in [5, 5.41) is 6.95. The van der Waals surface area contributed by atoms with Crippen molar-refractivity contribution in [2.45, 2.75) is 26.4 Å². The SMILES string of the molecule is CC(C)n1cc(OCC(=O)NCc2ccccc2)cn1. The fraction of sp³-hybridized carbons (Fsp3) is 0.333. The zero-order valence-electron chi connectivity index (χ0n) is 11.7. The maximum atomic E-state index is 11.7. The Morgan fingerprint density at radius 3 is 2.75 bits per heavy atom. The van der Waals surface area contributed by atoms with Crippen molar-refractivity contribution in [2.24, 2.45) is 0 Å². The summed E-state index contributed by atoms with van der Waals surface area (Å²) in [4.78, 5) is 11.7. The molecule has 0 radical (unpaired) electrons. The molecule has 5 nitrogen and oxygen atoms in total. The van der Waals surface area contributed by atoms with E-state index in [9.17, 15) is 4.79 Å². The standard InChI is InChI=1S/C15H19N3O2/c1-12(2)18-10-14(9-17-18)20-11-15(19)16-8-13-6-4-3-5-7-13/h3-7,9-10,12H,8,11H2,1-2H3,(H,16,19). The molecule has 106 valence electrons. The van der Waals surface area contributed by atoms with Crippen molar-refractivity contribution in [3.63, 3.8) is 0 Å². The van der Waals surface area contributed by atoms with Gasteiger partial charge in [-0.2, -0.15) is 5.10 Å². The number of benzene rings is 1. The molecule has 1 N–H and O–H groups in total. The first-order valence-corrected chi connectivity index (χ1v) is 6.62. The number of amides is 1. The lowest BCUT2D eigenvalue weighted by molar-refractivity contribution is -0.123. The lowest BCUT2D eigenvalue weighted by Crippen LogP contribution is -2.28. The third-order valence-corrected chi connectivity index (χ3v) is 2.81. The van der Waals surface area contributed by atoms with Gasteiger partial charge in [-0.3, -0.25) is 9.48 Å². The first kappa shape index (κ1) is 14.1. The van der Waals surface area contributed by atoms with E-state index in [-0.39, 0.29) is 18.6 Å². The smallest absolute Gasteiger partial charge is 0.258 e. The Balaban J connectivity index is 1.74. The van der Waals surface area contributed by atoms with Crippen LogP contribution in [0.3, 0.4) is 0 Å². The molecule has 0 bridgehead atoms. The van der Waals surface area contributed by atoms with Crippen LogP contribution in [-0.2, 0) is 11.3 Å². The summed E-state index contributed by atoms with van der Waals surface area (Å²) in [6.45, 7) is 4.57. The van der Waals surface area contributed by atoms with E-state index in [1.54, 1.807) is 17.1 Å². The summed E-state index contributed by atoms with van der Waals surface area (Å²) in [6.07, 6.45) is 3.40. The highest BCUT2D eigenvalue weighted by Gasteiger charge is 2.06. The van der Waals surface area contributed by atoms with Gasteiger partial charge in [-0.1, -0.05) is 30.3 Å². The van der Waals surface area contributed by atoms with Gasteiger partial charge in [-0.05, 0) is 19.4 Å². The van der Waals surface area contributed by atoms with Crippen molar-refractivity contribution in [3.8, 4) is 5.75 Å². The summed E-state index contributed by atoms with van der Waals surface area (Å²) < 4.78 is 7.18. The molecule has 5 heteroatoms. The van der Waals surface area contributed by atoms with Crippen molar-refractivity contribution in [2.75, 3.05) is 6.61 Å². The van der Waals surface area contributed by atoms with E-state index < -0.39 is 0 Å². The van der Waals surface area contributed by atoms with E-state index in [4.69, 9.17) is 4.74 Å². The van der Waals surface area contributed by atoms with Gasteiger partial charge in [0.1, 0.15) is 0 Å². The number of carbonyl (C=O) groups excluding carboxylic acids is 1. The number of hydrogen-bond acceptors (Lipinski definition) is 3. The van der Waals surface area contributed by atoms with Crippen molar-refractivity contribution >= 4 is 5.91 Å². The topological polar surface area (TPSA) is 56.1 Å². The molecule has 20 heavy (non-hydrogen) atoms. The molecule has 0 aliphatic heterocycles. The second-order valence-electron chi connectivity index (χ2n) is 4.80. The second-order valence-corrected chi connectivity index (χ2v) is 4.80. The zero-order chi connectivity index (χ0) is 14.4. The minimum absolute atomic E-state index is 0.00335. The molecular weight excluding hydrogens is 254 g/mol. The molecule has 2 aromatic rings. The van der Waals surface area contributed by atoms with Crippen LogP contribution in [0.2, 0.25) is 0 Å². The summed E-state index contributed by atoms with van der Waals surface area (Å²) >= 11 is 0. The van der Waals surface area contributed by atoms with E-state index in [2.05, 4.69) is 10.4 Å². The summed E-state index contributed by atoms with van der Waals surface area (Å²) in [5.41, 5.74) is 1.06. The van der Waals surface area contributed by atoms with Crippen molar-refractivity contribution < 1.29 is 9.53 Å². The van der Waals surface area contributed by atoms with E-state index >= 15 is 0 Å². The second kappa shape index (κ2) is 6.75. The first-order chi connectivity index (χ1) is 9.65. The van der Waals surface area contributed by atoms with Gasteiger partial charge in [-0.25, -0.2) is 0 Å². The van der Waals surface area contributed by atoms with Gasteiger partial charge in [0.2, 0.25) is 0 Å². The van der Waals surface area contributed by atoms with E-state index in [0.29, 0.717) is 12.3 Å². The number of ether oxygens (including phenoxy) is 1. The van der Waals surface area contributed by atoms with Crippen LogP contribution in [0.15, 0.2) is 42.7 Å². The monoisotopic (exact) mass is 273 g/mol. The van der Waals surface area contributed by atoms with Crippen molar-refractivity contribution in [1.82, 2.24) is 15.1 Å². The molecule has 0 unspecified atom stereocenters. The maximum absolute atomic E-state index is 11.7. The first-order valence-electron chi connectivity index (χ1n) is 6.62. The lowest BCUT2D eigenvalue weighted by Gasteiger charge is -2.06. The number of carbonyl (C=O) groups is 1. The predicted molar refractivity (Wildman–Crippen MR) is 76.4 cm³/mol. The fourth-order valence-electron chi connectivity index (χ4n) is 1.67. The molecule has 0 aliphatic carbocycles. The average molecular weight is 273 g/mol. The Labute approximate surface area is 118 Å². The number of nitrogens with one attached hydrogen (secondary N) is 1. The molecule has 2 rings (SSSR count). The van der Waals surface area contributed by atoms with Gasteiger partial charge < -0.3 is 10.1 Å². The van der Waals surface area contributed by atoms with E-state index in [0.717, 1.165) is 5.56 Å². The predicted octanol–water partition coefficient (Wildman–Crippen LogP) is 2.16. The van der Waals surface area contributed by atoms with Crippen LogP contribution >= 0.6 is 0 Å². The average Bonchev–Trinajstić information content (AvgIpc) is 2.93. The number of rotatable bonds is 6.